The molecule has 2 aliphatic heterocycles. The quantitative estimate of drug-likeness (QED) is 0.564. The first kappa shape index (κ1) is 19.4. The molecule has 0 bridgehead atoms. The van der Waals surface area contributed by atoms with Gasteiger partial charge < -0.3 is 8.92 Å². The largest absolute Gasteiger partial charge is 0.490 e. The molecule has 0 aliphatic carbocycles. The summed E-state index contributed by atoms with van der Waals surface area (Å²) in [4.78, 5) is 16.1. The van der Waals surface area contributed by atoms with Gasteiger partial charge in [-0.1, -0.05) is 11.6 Å². The number of nitrogens with one attached hydrogen (secondary N) is 1. The van der Waals surface area contributed by atoms with Gasteiger partial charge >= 0.3 is 10.1 Å². The Morgan fingerprint density at radius 1 is 1.41 bits per heavy atom. The summed E-state index contributed by atoms with van der Waals surface area (Å²) in [7, 11) is -3.82. The molecule has 1 aromatic rings. The molecular weight excluding hydrogens is 416 g/mol. The molecule has 1 amide bonds. The highest BCUT2D eigenvalue weighted by molar-refractivity contribution is 8.25. The van der Waals surface area contributed by atoms with Crippen LogP contribution >= 0.6 is 23.4 Å². The number of benzene rings is 1. The Kier molecular flexibility index (Phi) is 5.27. The average Bonchev–Trinajstić information content (AvgIpc) is 3.02. The number of hydrogen-bond donors (Lipinski definition) is 1. The van der Waals surface area contributed by atoms with Gasteiger partial charge in [0, 0.05) is 0 Å². The van der Waals surface area contributed by atoms with Crippen molar-refractivity contribution in [2.75, 3.05) is 12.9 Å². The second-order valence-electron chi connectivity index (χ2n) is 5.31. The van der Waals surface area contributed by atoms with Crippen molar-refractivity contribution < 1.29 is 22.1 Å². The summed E-state index contributed by atoms with van der Waals surface area (Å²) >= 11 is 7.30. The van der Waals surface area contributed by atoms with Crippen molar-refractivity contribution in [3.05, 3.63) is 28.3 Å². The zero-order chi connectivity index (χ0) is 19.8. The van der Waals surface area contributed by atoms with Crippen LogP contribution in [-0.2, 0) is 14.9 Å². The minimum atomic E-state index is -3.82. The highest BCUT2D eigenvalue weighted by Gasteiger charge is 2.32. The van der Waals surface area contributed by atoms with Gasteiger partial charge in [0.2, 0.25) is 5.75 Å². The van der Waals surface area contributed by atoms with Crippen molar-refractivity contribution in [2.24, 2.45) is 10.1 Å². The van der Waals surface area contributed by atoms with Gasteiger partial charge in [0.25, 0.3) is 5.91 Å². The van der Waals surface area contributed by atoms with E-state index in [1.54, 1.807) is 6.92 Å². The van der Waals surface area contributed by atoms with E-state index in [4.69, 9.17) is 25.9 Å². The number of rotatable bonds is 5. The van der Waals surface area contributed by atoms with Crippen molar-refractivity contribution in [1.29, 1.82) is 5.41 Å². The van der Waals surface area contributed by atoms with Crippen molar-refractivity contribution in [2.45, 2.75) is 6.92 Å². The Morgan fingerprint density at radius 3 is 2.81 bits per heavy atom. The number of aliphatic imine (C=N–C) groups is 1. The molecule has 2 heterocycles. The van der Waals surface area contributed by atoms with Crippen LogP contribution in [0.2, 0.25) is 5.02 Å². The minimum absolute atomic E-state index is 0.00805. The van der Waals surface area contributed by atoms with Gasteiger partial charge in [0.15, 0.2) is 16.8 Å². The number of hydrazone groups is 1. The van der Waals surface area contributed by atoms with Gasteiger partial charge in [-0.15, -0.1) is 0 Å². The summed E-state index contributed by atoms with van der Waals surface area (Å²) in [6.07, 6.45) is 2.29. The van der Waals surface area contributed by atoms with E-state index in [0.29, 0.717) is 10.7 Å². The van der Waals surface area contributed by atoms with E-state index in [9.17, 15) is 13.2 Å². The molecule has 1 aromatic carbocycles. The second kappa shape index (κ2) is 7.33. The molecule has 9 nitrogen and oxygen atoms in total. The van der Waals surface area contributed by atoms with E-state index in [-0.39, 0.29) is 34.5 Å². The van der Waals surface area contributed by atoms with Crippen LogP contribution in [-0.4, -0.2) is 48.7 Å². The first-order chi connectivity index (χ1) is 12.7. The third-order valence-corrected chi connectivity index (χ3v) is 4.70. The summed E-state index contributed by atoms with van der Waals surface area (Å²) in [5, 5.41) is 13.7. The zero-order valence-electron chi connectivity index (χ0n) is 14.1. The predicted molar refractivity (Wildman–Crippen MR) is 104 cm³/mol. The lowest BCUT2D eigenvalue weighted by Gasteiger charge is -2.20. The summed E-state index contributed by atoms with van der Waals surface area (Å²) in [5.41, 5.74) is 1.89. The van der Waals surface area contributed by atoms with E-state index in [1.807, 2.05) is 0 Å². The lowest BCUT2D eigenvalue weighted by atomic mass is 10.1. The summed E-state index contributed by atoms with van der Waals surface area (Å²) < 4.78 is 33.2. The molecule has 0 atom stereocenters. The average molecular weight is 429 g/mol. The molecule has 0 radical (unpaired) electrons. The maximum absolute atomic E-state index is 12.2. The van der Waals surface area contributed by atoms with Gasteiger partial charge in [0.05, 0.1) is 29.0 Å². The Morgan fingerprint density at radius 2 is 2.15 bits per heavy atom. The molecule has 0 aromatic heterocycles. The van der Waals surface area contributed by atoms with E-state index >= 15 is 0 Å². The number of halogens is 1. The number of nitrogens with zero attached hydrogens (tertiary/aromatic N) is 3. The summed E-state index contributed by atoms with van der Waals surface area (Å²) in [5.74, 6) is -0.767. The number of carbonyl (C=O) groups excluding carboxylic acids is 1. The Hall–Kier alpha value is -2.37. The topological polar surface area (TPSA) is 121 Å². The van der Waals surface area contributed by atoms with Crippen molar-refractivity contribution in [3.8, 4) is 11.5 Å². The van der Waals surface area contributed by atoms with Crippen LogP contribution in [0, 0.1) is 5.41 Å². The minimum Gasteiger partial charge on any atom is -0.490 e. The van der Waals surface area contributed by atoms with Gasteiger partial charge in [-0.2, -0.15) is 23.5 Å². The zero-order valence-corrected chi connectivity index (χ0v) is 16.5. The first-order valence-electron chi connectivity index (χ1n) is 7.48. The third kappa shape index (κ3) is 4.15. The first-order valence-corrected chi connectivity index (χ1v) is 10.6. The number of ether oxygens (including phenoxy) is 1. The Balaban J connectivity index is 2.05. The highest BCUT2D eigenvalue weighted by Crippen LogP contribution is 2.38. The van der Waals surface area contributed by atoms with Crippen LogP contribution in [0.4, 0.5) is 0 Å². The maximum Gasteiger partial charge on any atom is 0.306 e. The number of amides is 1. The number of carbonyl (C=O) groups is 1. The van der Waals surface area contributed by atoms with Crippen LogP contribution in [0.15, 0.2) is 27.8 Å². The lowest BCUT2D eigenvalue weighted by Crippen LogP contribution is -2.35. The maximum atomic E-state index is 12.2. The lowest BCUT2D eigenvalue weighted by molar-refractivity contribution is -0.114. The van der Waals surface area contributed by atoms with E-state index in [0.717, 1.165) is 18.0 Å². The molecule has 3 rings (SSSR count). The highest BCUT2D eigenvalue weighted by atomic mass is 35.5. The molecule has 0 saturated heterocycles. The Labute approximate surface area is 164 Å². The molecule has 0 unspecified atom stereocenters. The summed E-state index contributed by atoms with van der Waals surface area (Å²) in [6.45, 7) is 1.95. The third-order valence-electron chi connectivity index (χ3n) is 3.27. The molecule has 2 aliphatic rings. The Bertz CT molecular complexity index is 1030. The fourth-order valence-corrected chi connectivity index (χ4v) is 3.66. The van der Waals surface area contributed by atoms with Crippen molar-refractivity contribution >= 4 is 62.0 Å². The molecule has 142 valence electrons. The van der Waals surface area contributed by atoms with Crippen LogP contribution in [0.25, 0.3) is 6.08 Å². The summed E-state index contributed by atoms with van der Waals surface area (Å²) in [6, 6.07) is 2.87. The van der Waals surface area contributed by atoms with Crippen LogP contribution in [0.3, 0.4) is 0 Å². The van der Waals surface area contributed by atoms with E-state index in [1.165, 1.54) is 28.8 Å². The number of thioether (sulfide) groups is 1. The van der Waals surface area contributed by atoms with Crippen molar-refractivity contribution in [3.63, 3.8) is 0 Å². The standard InChI is InChI=1S/C15H13ClN4O5S2/c1-3-24-11-6-8(5-10(16)12(11)25-27(2,22)23)4-9-13(17)20-15(19-14(9)21)26-7-18-20/h4-7,17H,3H2,1-2H3/b9-4+,17-13?. The fraction of sp³-hybridized carbons (Fsp3) is 0.200. The second-order valence-corrected chi connectivity index (χ2v) is 8.10. The van der Waals surface area contributed by atoms with Crippen LogP contribution < -0.4 is 8.92 Å². The number of hydrogen-bond acceptors (Lipinski definition) is 8. The van der Waals surface area contributed by atoms with Gasteiger partial charge in [-0.25, -0.2) is 0 Å². The van der Waals surface area contributed by atoms with E-state index in [2.05, 4.69) is 10.1 Å². The molecule has 1 N–H and O–H groups in total. The number of fused-ring (bicyclic) bond motifs is 1. The predicted octanol–water partition coefficient (Wildman–Crippen LogP) is 2.33. The van der Waals surface area contributed by atoms with Gasteiger partial charge in [0.1, 0.15) is 0 Å². The van der Waals surface area contributed by atoms with Crippen LogP contribution in [0.1, 0.15) is 12.5 Å². The molecule has 12 heteroatoms. The molecule has 0 spiro atoms. The SMILES string of the molecule is CCOc1cc(/C=C2\C(=N)N3N=CSC3=NC2=O)cc(Cl)c1OS(C)(=O)=O. The molecule has 0 fully saturated rings. The van der Waals surface area contributed by atoms with Crippen LogP contribution in [0.5, 0.6) is 11.5 Å². The molecule has 0 saturated carbocycles. The normalized spacial score (nSPS) is 18.0. The molecule has 27 heavy (non-hydrogen) atoms. The monoisotopic (exact) mass is 428 g/mol. The van der Waals surface area contributed by atoms with E-state index < -0.39 is 16.0 Å². The van der Waals surface area contributed by atoms with Crippen molar-refractivity contribution in [1.82, 2.24) is 5.01 Å². The molecular formula is C15H13ClN4O5S2. The van der Waals surface area contributed by atoms with Gasteiger partial charge in [-0.3, -0.25) is 10.2 Å². The smallest absolute Gasteiger partial charge is 0.306 e. The fourth-order valence-electron chi connectivity index (χ4n) is 2.27. The number of amidine groups is 2. The van der Waals surface area contributed by atoms with Gasteiger partial charge in [-0.05, 0) is 42.5 Å².